The van der Waals surface area contributed by atoms with Crippen molar-refractivity contribution in [2.24, 2.45) is 23.0 Å². The van der Waals surface area contributed by atoms with Gasteiger partial charge in [0.1, 0.15) is 0 Å². The number of nitrogens with two attached hydrogens (primary N) is 1. The Morgan fingerprint density at radius 2 is 1.91 bits per heavy atom. The number of hydrogen-bond donors (Lipinski definition) is 2. The van der Waals surface area contributed by atoms with E-state index in [0.717, 1.165) is 16.5 Å². The molecular weight excluding hydrogens is 304 g/mol. The van der Waals surface area contributed by atoms with E-state index in [1.807, 2.05) is 6.07 Å². The molecule has 0 bridgehead atoms. The van der Waals surface area contributed by atoms with E-state index in [1.54, 1.807) is 0 Å². The zero-order valence-corrected chi connectivity index (χ0v) is 15.3. The summed E-state index contributed by atoms with van der Waals surface area (Å²) in [6.07, 6.45) is 7.38. The Balaban J connectivity index is 1.81. The SMILES string of the molecule is CC(C)(C)C1CCC(C(CN)c2c[nH]c3ccc(Cl)cc23)CC1. The standard InChI is InChI=1S/C20H29ClN2/c1-20(2,3)14-6-4-13(5-7-14)17(11-22)18-12-23-19-9-8-15(21)10-16(18)19/h8-10,12-14,17,23H,4-7,11,22H2,1-3H3. The van der Waals surface area contributed by atoms with Gasteiger partial charge in [0.15, 0.2) is 0 Å². The first-order valence-electron chi connectivity index (χ1n) is 8.86. The Morgan fingerprint density at radius 3 is 2.52 bits per heavy atom. The lowest BCUT2D eigenvalue weighted by Crippen LogP contribution is -2.30. The van der Waals surface area contributed by atoms with Crippen molar-refractivity contribution in [2.45, 2.75) is 52.4 Å². The molecule has 3 N–H and O–H groups in total. The Kier molecular flexibility index (Phi) is 4.75. The molecule has 0 amide bonds. The summed E-state index contributed by atoms with van der Waals surface area (Å²) in [5, 5.41) is 2.04. The maximum absolute atomic E-state index is 6.21. The van der Waals surface area contributed by atoms with Crippen LogP contribution in [0.25, 0.3) is 10.9 Å². The van der Waals surface area contributed by atoms with Gasteiger partial charge in [0.05, 0.1) is 0 Å². The van der Waals surface area contributed by atoms with E-state index < -0.39 is 0 Å². The Morgan fingerprint density at radius 1 is 1.22 bits per heavy atom. The van der Waals surface area contributed by atoms with Crippen LogP contribution in [0.4, 0.5) is 0 Å². The molecule has 126 valence electrons. The predicted molar refractivity (Wildman–Crippen MR) is 100 cm³/mol. The van der Waals surface area contributed by atoms with Crippen molar-refractivity contribution in [3.63, 3.8) is 0 Å². The summed E-state index contributed by atoms with van der Waals surface area (Å²) in [4.78, 5) is 3.39. The first-order valence-corrected chi connectivity index (χ1v) is 9.24. The highest BCUT2D eigenvalue weighted by Crippen LogP contribution is 2.45. The Labute approximate surface area is 144 Å². The molecule has 1 atom stereocenters. The molecular formula is C20H29ClN2. The van der Waals surface area contributed by atoms with Gasteiger partial charge < -0.3 is 10.7 Å². The largest absolute Gasteiger partial charge is 0.361 e. The van der Waals surface area contributed by atoms with Crippen LogP contribution in [-0.4, -0.2) is 11.5 Å². The van der Waals surface area contributed by atoms with Gasteiger partial charge >= 0.3 is 0 Å². The van der Waals surface area contributed by atoms with Gasteiger partial charge in [0.25, 0.3) is 0 Å². The van der Waals surface area contributed by atoms with Gasteiger partial charge in [-0.05, 0) is 73.2 Å². The van der Waals surface area contributed by atoms with Gasteiger partial charge in [0, 0.05) is 28.0 Å². The Bertz CT molecular complexity index is 660. The molecule has 0 spiro atoms. The lowest BCUT2D eigenvalue weighted by Gasteiger charge is -2.39. The summed E-state index contributed by atoms with van der Waals surface area (Å²) in [5.41, 5.74) is 9.14. The molecule has 23 heavy (non-hydrogen) atoms. The maximum atomic E-state index is 6.21. The summed E-state index contributed by atoms with van der Waals surface area (Å²) in [6, 6.07) is 6.08. The minimum atomic E-state index is 0.428. The van der Waals surface area contributed by atoms with Crippen molar-refractivity contribution in [1.29, 1.82) is 0 Å². The van der Waals surface area contributed by atoms with E-state index in [9.17, 15) is 0 Å². The molecule has 1 aromatic carbocycles. The smallest absolute Gasteiger partial charge is 0.0457 e. The molecule has 1 unspecified atom stereocenters. The quantitative estimate of drug-likeness (QED) is 0.742. The molecule has 2 aromatic rings. The van der Waals surface area contributed by atoms with Gasteiger partial charge in [-0.15, -0.1) is 0 Å². The average Bonchev–Trinajstić information content (AvgIpc) is 2.91. The van der Waals surface area contributed by atoms with Gasteiger partial charge in [0.2, 0.25) is 0 Å². The highest BCUT2D eigenvalue weighted by atomic mass is 35.5. The number of aromatic amines is 1. The minimum Gasteiger partial charge on any atom is -0.361 e. The van der Waals surface area contributed by atoms with Crippen molar-refractivity contribution in [3.05, 3.63) is 35.0 Å². The molecule has 1 heterocycles. The number of rotatable bonds is 3. The van der Waals surface area contributed by atoms with Crippen molar-refractivity contribution in [3.8, 4) is 0 Å². The van der Waals surface area contributed by atoms with E-state index in [4.69, 9.17) is 17.3 Å². The summed E-state index contributed by atoms with van der Waals surface area (Å²) in [6.45, 7) is 7.84. The third kappa shape index (κ3) is 3.44. The number of H-pyrrole nitrogens is 1. The van der Waals surface area contributed by atoms with Crippen molar-refractivity contribution < 1.29 is 0 Å². The zero-order valence-electron chi connectivity index (χ0n) is 14.5. The van der Waals surface area contributed by atoms with Crippen molar-refractivity contribution in [1.82, 2.24) is 4.98 Å². The third-order valence-corrected chi connectivity index (χ3v) is 6.13. The first kappa shape index (κ1) is 16.9. The second kappa shape index (κ2) is 6.49. The van der Waals surface area contributed by atoms with Crippen LogP contribution in [-0.2, 0) is 0 Å². The minimum absolute atomic E-state index is 0.428. The van der Waals surface area contributed by atoms with E-state index in [0.29, 0.717) is 23.8 Å². The Hall–Kier alpha value is -0.990. The molecule has 1 fully saturated rings. The number of aromatic nitrogens is 1. The fraction of sp³-hybridized carbons (Fsp3) is 0.600. The average molecular weight is 333 g/mol. The molecule has 0 radical (unpaired) electrons. The molecule has 2 nitrogen and oxygen atoms in total. The van der Waals surface area contributed by atoms with E-state index in [2.05, 4.69) is 44.1 Å². The van der Waals surface area contributed by atoms with Crippen molar-refractivity contribution in [2.75, 3.05) is 6.54 Å². The number of hydrogen-bond acceptors (Lipinski definition) is 1. The normalized spacial score (nSPS) is 24.0. The molecule has 1 aliphatic carbocycles. The molecule has 3 heteroatoms. The van der Waals surface area contributed by atoms with Crippen LogP contribution in [0.5, 0.6) is 0 Å². The fourth-order valence-electron chi connectivity index (χ4n) is 4.38. The van der Waals surface area contributed by atoms with Crippen LogP contribution >= 0.6 is 11.6 Å². The van der Waals surface area contributed by atoms with Crippen LogP contribution in [0.3, 0.4) is 0 Å². The highest BCUT2D eigenvalue weighted by molar-refractivity contribution is 6.31. The van der Waals surface area contributed by atoms with Crippen LogP contribution < -0.4 is 5.73 Å². The lowest BCUT2D eigenvalue weighted by atomic mass is 9.66. The van der Waals surface area contributed by atoms with Crippen LogP contribution in [0, 0.1) is 17.3 Å². The molecule has 1 aliphatic rings. The fourth-order valence-corrected chi connectivity index (χ4v) is 4.55. The third-order valence-electron chi connectivity index (χ3n) is 5.89. The van der Waals surface area contributed by atoms with Crippen LogP contribution in [0.15, 0.2) is 24.4 Å². The summed E-state index contributed by atoms with van der Waals surface area (Å²) >= 11 is 6.21. The molecule has 0 aliphatic heterocycles. The monoisotopic (exact) mass is 332 g/mol. The second-order valence-electron chi connectivity index (χ2n) is 8.25. The van der Waals surface area contributed by atoms with Crippen LogP contribution in [0.1, 0.15) is 57.9 Å². The van der Waals surface area contributed by atoms with Gasteiger partial charge in [-0.1, -0.05) is 32.4 Å². The van der Waals surface area contributed by atoms with Gasteiger partial charge in [-0.3, -0.25) is 0 Å². The number of nitrogens with one attached hydrogen (secondary N) is 1. The molecule has 3 rings (SSSR count). The zero-order chi connectivity index (χ0) is 16.6. The van der Waals surface area contributed by atoms with Crippen molar-refractivity contribution >= 4 is 22.5 Å². The van der Waals surface area contributed by atoms with E-state index in [-0.39, 0.29) is 0 Å². The topological polar surface area (TPSA) is 41.8 Å². The van der Waals surface area contributed by atoms with E-state index >= 15 is 0 Å². The second-order valence-corrected chi connectivity index (χ2v) is 8.69. The lowest BCUT2D eigenvalue weighted by molar-refractivity contribution is 0.140. The summed E-state index contributed by atoms with van der Waals surface area (Å²) < 4.78 is 0. The number of halogens is 1. The molecule has 0 saturated heterocycles. The number of fused-ring (bicyclic) bond motifs is 1. The van der Waals surface area contributed by atoms with E-state index in [1.165, 1.54) is 36.6 Å². The van der Waals surface area contributed by atoms with Gasteiger partial charge in [-0.2, -0.15) is 0 Å². The predicted octanol–water partition coefficient (Wildman–Crippen LogP) is 5.72. The van der Waals surface area contributed by atoms with Crippen LogP contribution in [0.2, 0.25) is 5.02 Å². The van der Waals surface area contributed by atoms with Gasteiger partial charge in [-0.25, -0.2) is 0 Å². The molecule has 1 saturated carbocycles. The number of benzene rings is 1. The highest BCUT2D eigenvalue weighted by Gasteiger charge is 2.33. The summed E-state index contributed by atoms with van der Waals surface area (Å²) in [7, 11) is 0. The first-order chi connectivity index (χ1) is 10.9. The maximum Gasteiger partial charge on any atom is 0.0457 e. The molecule has 1 aromatic heterocycles. The summed E-state index contributed by atoms with van der Waals surface area (Å²) in [5.74, 6) is 1.97.